The highest BCUT2D eigenvalue weighted by Gasteiger charge is 2.23. The molecule has 0 spiro atoms. The molecule has 1 aliphatic rings. The Bertz CT molecular complexity index is 188. The summed E-state index contributed by atoms with van der Waals surface area (Å²) in [5.74, 6) is 1.02. The van der Waals surface area contributed by atoms with Gasteiger partial charge in [0.2, 0.25) is 5.91 Å². The van der Waals surface area contributed by atoms with E-state index in [1.807, 2.05) is 13.8 Å². The number of carbonyl (C=O) groups excluding carboxylic acids is 1. The fourth-order valence-corrected chi connectivity index (χ4v) is 1.58. The summed E-state index contributed by atoms with van der Waals surface area (Å²) in [5, 5.41) is 6.11. The van der Waals surface area contributed by atoms with Crippen molar-refractivity contribution in [2.24, 2.45) is 5.92 Å². The maximum Gasteiger partial charge on any atom is 0.234 e. The van der Waals surface area contributed by atoms with Gasteiger partial charge < -0.3 is 10.6 Å². The average molecular weight is 198 g/mol. The largest absolute Gasteiger partial charge is 0.353 e. The van der Waals surface area contributed by atoms with Crippen molar-refractivity contribution in [1.82, 2.24) is 10.6 Å². The Labute approximate surface area is 86.6 Å². The molecule has 3 nitrogen and oxygen atoms in total. The van der Waals surface area contributed by atoms with Crippen LogP contribution < -0.4 is 10.6 Å². The van der Waals surface area contributed by atoms with E-state index in [9.17, 15) is 4.79 Å². The molecule has 2 N–H and O–H groups in total. The van der Waals surface area contributed by atoms with Crippen LogP contribution in [0.25, 0.3) is 0 Å². The highest BCUT2D eigenvalue weighted by Crippen LogP contribution is 2.33. The molecule has 1 fully saturated rings. The van der Waals surface area contributed by atoms with Crippen LogP contribution in [-0.4, -0.2) is 24.5 Å². The summed E-state index contributed by atoms with van der Waals surface area (Å²) >= 11 is 0. The van der Waals surface area contributed by atoms with E-state index in [0.29, 0.717) is 12.6 Å². The van der Waals surface area contributed by atoms with Crippen molar-refractivity contribution in [2.75, 3.05) is 6.54 Å². The minimum Gasteiger partial charge on any atom is -0.353 e. The first-order valence-corrected chi connectivity index (χ1v) is 5.60. The van der Waals surface area contributed by atoms with Gasteiger partial charge in [-0.2, -0.15) is 0 Å². The standard InChI is InChI=1S/C11H22N2O/c1-8(2)13-11(14)7-12-9(3)6-10-4-5-10/h8-10,12H,4-7H2,1-3H3,(H,13,14). The van der Waals surface area contributed by atoms with E-state index >= 15 is 0 Å². The molecule has 82 valence electrons. The Morgan fingerprint density at radius 2 is 2.00 bits per heavy atom. The molecule has 1 atom stereocenters. The van der Waals surface area contributed by atoms with Crippen molar-refractivity contribution in [3.63, 3.8) is 0 Å². The van der Waals surface area contributed by atoms with Crippen molar-refractivity contribution in [3.8, 4) is 0 Å². The van der Waals surface area contributed by atoms with Crippen LogP contribution in [0, 0.1) is 5.92 Å². The summed E-state index contributed by atoms with van der Waals surface area (Å²) in [5.41, 5.74) is 0. The maximum absolute atomic E-state index is 11.3. The molecule has 3 heteroatoms. The van der Waals surface area contributed by atoms with Crippen LogP contribution in [0.2, 0.25) is 0 Å². The van der Waals surface area contributed by atoms with Crippen molar-refractivity contribution < 1.29 is 4.79 Å². The van der Waals surface area contributed by atoms with Gasteiger partial charge in [0.05, 0.1) is 6.54 Å². The van der Waals surface area contributed by atoms with Crippen LogP contribution in [0.5, 0.6) is 0 Å². The van der Waals surface area contributed by atoms with Gasteiger partial charge in [-0.05, 0) is 33.1 Å². The van der Waals surface area contributed by atoms with Gasteiger partial charge in [0, 0.05) is 12.1 Å². The smallest absolute Gasteiger partial charge is 0.234 e. The monoisotopic (exact) mass is 198 g/mol. The lowest BCUT2D eigenvalue weighted by Gasteiger charge is -2.14. The van der Waals surface area contributed by atoms with Gasteiger partial charge in [-0.1, -0.05) is 12.8 Å². The Balaban J connectivity index is 2.02. The zero-order chi connectivity index (χ0) is 10.6. The van der Waals surface area contributed by atoms with E-state index in [-0.39, 0.29) is 11.9 Å². The molecular formula is C11H22N2O. The summed E-state index contributed by atoms with van der Waals surface area (Å²) in [6, 6.07) is 0.712. The van der Waals surface area contributed by atoms with E-state index < -0.39 is 0 Å². The summed E-state index contributed by atoms with van der Waals surface area (Å²) in [6.45, 7) is 6.56. The number of hydrogen-bond acceptors (Lipinski definition) is 2. The van der Waals surface area contributed by atoms with E-state index in [2.05, 4.69) is 17.6 Å². The number of hydrogen-bond donors (Lipinski definition) is 2. The molecule has 1 saturated carbocycles. The molecule has 0 aliphatic heterocycles. The third-order valence-corrected chi connectivity index (χ3v) is 2.44. The lowest BCUT2D eigenvalue weighted by Crippen LogP contribution is -2.40. The first-order valence-electron chi connectivity index (χ1n) is 5.60. The number of rotatable bonds is 6. The minimum atomic E-state index is 0.0997. The van der Waals surface area contributed by atoms with Crippen LogP contribution >= 0.6 is 0 Å². The first kappa shape index (κ1) is 11.5. The van der Waals surface area contributed by atoms with Gasteiger partial charge >= 0.3 is 0 Å². The molecule has 0 radical (unpaired) electrons. The number of amides is 1. The number of carbonyl (C=O) groups is 1. The Morgan fingerprint density at radius 1 is 1.36 bits per heavy atom. The third kappa shape index (κ3) is 5.22. The molecule has 0 saturated heterocycles. The molecular weight excluding hydrogens is 176 g/mol. The van der Waals surface area contributed by atoms with Crippen LogP contribution in [0.1, 0.15) is 40.0 Å². The first-order chi connectivity index (χ1) is 6.58. The third-order valence-electron chi connectivity index (χ3n) is 2.44. The molecule has 0 aromatic rings. The van der Waals surface area contributed by atoms with Crippen molar-refractivity contribution in [3.05, 3.63) is 0 Å². The topological polar surface area (TPSA) is 41.1 Å². The van der Waals surface area contributed by atoms with Gasteiger partial charge in [0.15, 0.2) is 0 Å². The molecule has 1 rings (SSSR count). The highest BCUT2D eigenvalue weighted by atomic mass is 16.1. The summed E-state index contributed by atoms with van der Waals surface area (Å²) in [7, 11) is 0. The Hall–Kier alpha value is -0.570. The Morgan fingerprint density at radius 3 is 2.50 bits per heavy atom. The van der Waals surface area contributed by atoms with Gasteiger partial charge in [-0.15, -0.1) is 0 Å². The van der Waals surface area contributed by atoms with Gasteiger partial charge in [0.25, 0.3) is 0 Å². The maximum atomic E-state index is 11.3. The molecule has 14 heavy (non-hydrogen) atoms. The summed E-state index contributed by atoms with van der Waals surface area (Å²) in [6.07, 6.45) is 3.98. The van der Waals surface area contributed by atoms with Gasteiger partial charge in [-0.25, -0.2) is 0 Å². The van der Waals surface area contributed by atoms with Gasteiger partial charge in [-0.3, -0.25) is 4.79 Å². The average Bonchev–Trinajstić information content (AvgIpc) is 2.83. The summed E-state index contributed by atoms with van der Waals surface area (Å²) < 4.78 is 0. The predicted molar refractivity (Wildman–Crippen MR) is 58.1 cm³/mol. The minimum absolute atomic E-state index is 0.0997. The summed E-state index contributed by atoms with van der Waals surface area (Å²) in [4.78, 5) is 11.3. The quantitative estimate of drug-likeness (QED) is 0.675. The number of nitrogens with one attached hydrogen (secondary N) is 2. The second-order valence-corrected chi connectivity index (χ2v) is 4.68. The van der Waals surface area contributed by atoms with Crippen LogP contribution in [0.4, 0.5) is 0 Å². The zero-order valence-electron chi connectivity index (χ0n) is 9.47. The van der Waals surface area contributed by atoms with Crippen LogP contribution in [0.15, 0.2) is 0 Å². The molecule has 0 aromatic carbocycles. The van der Waals surface area contributed by atoms with Crippen LogP contribution in [-0.2, 0) is 4.79 Å². The molecule has 0 heterocycles. The van der Waals surface area contributed by atoms with Gasteiger partial charge in [0.1, 0.15) is 0 Å². The fraction of sp³-hybridized carbons (Fsp3) is 0.909. The molecule has 1 amide bonds. The van der Waals surface area contributed by atoms with E-state index in [1.165, 1.54) is 19.3 Å². The predicted octanol–water partition coefficient (Wildman–Crippen LogP) is 1.29. The van der Waals surface area contributed by atoms with Crippen molar-refractivity contribution in [2.45, 2.75) is 52.1 Å². The normalized spacial score (nSPS) is 18.3. The fourth-order valence-electron chi connectivity index (χ4n) is 1.58. The second-order valence-electron chi connectivity index (χ2n) is 4.68. The lowest BCUT2D eigenvalue weighted by atomic mass is 10.1. The highest BCUT2D eigenvalue weighted by molar-refractivity contribution is 5.78. The van der Waals surface area contributed by atoms with Crippen LogP contribution in [0.3, 0.4) is 0 Å². The molecule has 1 aliphatic carbocycles. The van der Waals surface area contributed by atoms with Crippen molar-refractivity contribution in [1.29, 1.82) is 0 Å². The van der Waals surface area contributed by atoms with E-state index in [1.54, 1.807) is 0 Å². The zero-order valence-corrected chi connectivity index (χ0v) is 9.47. The molecule has 0 bridgehead atoms. The molecule has 1 unspecified atom stereocenters. The van der Waals surface area contributed by atoms with Crippen molar-refractivity contribution >= 4 is 5.91 Å². The lowest BCUT2D eigenvalue weighted by molar-refractivity contribution is -0.120. The second kappa shape index (κ2) is 5.35. The SMILES string of the molecule is CC(C)NC(=O)CNC(C)CC1CC1. The molecule has 0 aromatic heterocycles. The van der Waals surface area contributed by atoms with E-state index in [4.69, 9.17) is 0 Å². The van der Waals surface area contributed by atoms with E-state index in [0.717, 1.165) is 5.92 Å². The Kier molecular flexibility index (Phi) is 4.39.